The first-order valence-electron chi connectivity index (χ1n) is 10.2. The van der Waals surface area contributed by atoms with E-state index in [1.165, 1.54) is 34.2 Å². The lowest BCUT2D eigenvalue weighted by Gasteiger charge is -2.35. The van der Waals surface area contributed by atoms with E-state index in [4.69, 9.17) is 4.98 Å². The average Bonchev–Trinajstić information content (AvgIpc) is 3.06. The molecule has 3 aromatic rings. The van der Waals surface area contributed by atoms with Gasteiger partial charge >= 0.3 is 0 Å². The molecule has 2 aromatic heterocycles. The molecule has 0 saturated carbocycles. The van der Waals surface area contributed by atoms with Crippen molar-refractivity contribution in [1.29, 1.82) is 0 Å². The molecule has 1 N–H and O–H groups in total. The predicted octanol–water partition coefficient (Wildman–Crippen LogP) is 3.84. The lowest BCUT2D eigenvalue weighted by Crippen LogP contribution is -2.46. The largest absolute Gasteiger partial charge is 0.508 e. The van der Waals surface area contributed by atoms with Crippen LogP contribution >= 0.6 is 11.3 Å². The average molecular weight is 395 g/mol. The number of rotatable bonds is 3. The first kappa shape index (κ1) is 17.9. The van der Waals surface area contributed by atoms with Gasteiger partial charge in [0.15, 0.2) is 0 Å². The van der Waals surface area contributed by atoms with E-state index < -0.39 is 0 Å². The summed E-state index contributed by atoms with van der Waals surface area (Å²) in [4.78, 5) is 16.9. The van der Waals surface area contributed by atoms with Gasteiger partial charge in [-0.25, -0.2) is 9.97 Å². The number of hydrogen-bond acceptors (Lipinski definition) is 6. The molecule has 0 bridgehead atoms. The van der Waals surface area contributed by atoms with Crippen molar-refractivity contribution in [3.8, 4) is 5.75 Å². The number of hydrogen-bond donors (Lipinski definition) is 1. The molecule has 1 aliphatic carbocycles. The van der Waals surface area contributed by atoms with Crippen LogP contribution in [0.1, 0.15) is 29.3 Å². The molecule has 0 radical (unpaired) electrons. The van der Waals surface area contributed by atoms with Crippen molar-refractivity contribution in [2.75, 3.05) is 31.1 Å². The summed E-state index contributed by atoms with van der Waals surface area (Å²) in [5.74, 6) is 2.25. The second kappa shape index (κ2) is 7.33. The van der Waals surface area contributed by atoms with E-state index in [1.54, 1.807) is 12.4 Å². The molecular weight excluding hydrogens is 368 g/mol. The minimum absolute atomic E-state index is 0.344. The minimum atomic E-state index is 0.344. The van der Waals surface area contributed by atoms with Crippen LogP contribution in [0.3, 0.4) is 0 Å². The Morgan fingerprint density at radius 1 is 1.18 bits per heavy atom. The Kier molecular flexibility index (Phi) is 4.69. The van der Waals surface area contributed by atoms with Crippen LogP contribution in [0.15, 0.2) is 30.6 Å². The van der Waals surface area contributed by atoms with Gasteiger partial charge in [0.1, 0.15) is 22.7 Å². The molecule has 3 heterocycles. The van der Waals surface area contributed by atoms with E-state index >= 15 is 0 Å². The van der Waals surface area contributed by atoms with Crippen molar-refractivity contribution in [1.82, 2.24) is 14.9 Å². The number of aryl methyl sites for hydroxylation is 1. The van der Waals surface area contributed by atoms with E-state index in [0.29, 0.717) is 5.75 Å². The molecule has 146 valence electrons. The lowest BCUT2D eigenvalue weighted by atomic mass is 9.89. The maximum atomic E-state index is 9.69. The van der Waals surface area contributed by atoms with Crippen molar-refractivity contribution >= 4 is 27.4 Å². The van der Waals surface area contributed by atoms with Crippen LogP contribution in [0.5, 0.6) is 5.75 Å². The molecule has 0 amide bonds. The van der Waals surface area contributed by atoms with E-state index in [2.05, 4.69) is 27.8 Å². The number of benzene rings is 1. The van der Waals surface area contributed by atoms with Crippen molar-refractivity contribution in [2.24, 2.45) is 5.92 Å². The van der Waals surface area contributed by atoms with Gasteiger partial charge in [-0.1, -0.05) is 19.1 Å². The highest BCUT2D eigenvalue weighted by molar-refractivity contribution is 7.19. The third-order valence-corrected chi connectivity index (χ3v) is 7.22. The van der Waals surface area contributed by atoms with Crippen molar-refractivity contribution in [3.05, 3.63) is 46.6 Å². The van der Waals surface area contributed by atoms with Gasteiger partial charge in [0.25, 0.3) is 0 Å². The van der Waals surface area contributed by atoms with E-state index in [1.807, 2.05) is 23.5 Å². The molecule has 2 aliphatic rings. The second-order valence-corrected chi connectivity index (χ2v) is 9.25. The summed E-state index contributed by atoms with van der Waals surface area (Å²) in [5, 5.41) is 11.0. The Balaban J connectivity index is 1.34. The molecule has 6 heteroatoms. The van der Waals surface area contributed by atoms with Gasteiger partial charge in [-0.2, -0.15) is 0 Å². The zero-order valence-corrected chi connectivity index (χ0v) is 17.1. The quantitative estimate of drug-likeness (QED) is 0.731. The number of phenols is 1. The van der Waals surface area contributed by atoms with Gasteiger partial charge in [-0.15, -0.1) is 11.3 Å². The number of thiophene rings is 1. The molecular formula is C22H26N4OS. The number of nitrogens with zero attached hydrogens (tertiary/aromatic N) is 4. The fourth-order valence-electron chi connectivity index (χ4n) is 4.53. The van der Waals surface area contributed by atoms with Crippen LogP contribution < -0.4 is 4.90 Å². The highest BCUT2D eigenvalue weighted by atomic mass is 32.1. The molecule has 1 aromatic carbocycles. The van der Waals surface area contributed by atoms with Crippen molar-refractivity contribution in [3.63, 3.8) is 0 Å². The highest BCUT2D eigenvalue weighted by Gasteiger charge is 2.26. The summed E-state index contributed by atoms with van der Waals surface area (Å²) in [6.45, 7) is 7.20. The third-order valence-electron chi connectivity index (χ3n) is 6.06. The zero-order chi connectivity index (χ0) is 19.1. The molecule has 1 atom stereocenters. The maximum absolute atomic E-state index is 9.69. The molecule has 5 rings (SSSR count). The van der Waals surface area contributed by atoms with Crippen molar-refractivity contribution in [2.45, 2.75) is 32.7 Å². The topological polar surface area (TPSA) is 52.5 Å². The third kappa shape index (κ3) is 3.35. The first-order chi connectivity index (χ1) is 13.7. The Morgan fingerprint density at radius 3 is 2.86 bits per heavy atom. The molecule has 0 unspecified atom stereocenters. The molecule has 1 saturated heterocycles. The maximum Gasteiger partial charge on any atom is 0.141 e. The Hall–Kier alpha value is -2.18. The van der Waals surface area contributed by atoms with Crippen LogP contribution in [0, 0.1) is 5.92 Å². The van der Waals surface area contributed by atoms with Crippen molar-refractivity contribution < 1.29 is 5.11 Å². The smallest absolute Gasteiger partial charge is 0.141 e. The Bertz CT molecular complexity index is 993. The van der Waals surface area contributed by atoms with Crippen LogP contribution in [-0.4, -0.2) is 46.2 Å². The molecule has 28 heavy (non-hydrogen) atoms. The number of piperazine rings is 1. The highest BCUT2D eigenvalue weighted by Crippen LogP contribution is 2.40. The van der Waals surface area contributed by atoms with Gasteiger partial charge < -0.3 is 10.0 Å². The van der Waals surface area contributed by atoms with Crippen LogP contribution in [-0.2, 0) is 19.4 Å². The summed E-state index contributed by atoms with van der Waals surface area (Å²) in [7, 11) is 0. The number of anilines is 1. The van der Waals surface area contributed by atoms with E-state index in [-0.39, 0.29) is 0 Å². The number of aromatic nitrogens is 2. The van der Waals surface area contributed by atoms with Gasteiger partial charge in [0.2, 0.25) is 0 Å². The van der Waals surface area contributed by atoms with Crippen LogP contribution in [0.25, 0.3) is 10.2 Å². The minimum Gasteiger partial charge on any atom is -0.508 e. The first-order valence-corrected chi connectivity index (χ1v) is 11.0. The summed E-state index contributed by atoms with van der Waals surface area (Å²) in [6, 6.07) is 7.58. The van der Waals surface area contributed by atoms with Gasteiger partial charge in [-0.3, -0.25) is 4.90 Å². The van der Waals surface area contributed by atoms with E-state index in [0.717, 1.165) is 55.7 Å². The second-order valence-electron chi connectivity index (χ2n) is 8.16. The number of phenolic OH excluding ortho intramolecular Hbond substituents is 1. The van der Waals surface area contributed by atoms with Gasteiger partial charge in [-0.05, 0) is 48.4 Å². The summed E-state index contributed by atoms with van der Waals surface area (Å²) in [5.41, 5.74) is 2.68. The predicted molar refractivity (Wildman–Crippen MR) is 114 cm³/mol. The Morgan fingerprint density at radius 2 is 2.04 bits per heavy atom. The molecule has 5 nitrogen and oxygen atoms in total. The molecule has 0 spiro atoms. The number of aromatic hydroxyl groups is 1. The lowest BCUT2D eigenvalue weighted by molar-refractivity contribution is 0.249. The van der Waals surface area contributed by atoms with E-state index in [9.17, 15) is 5.11 Å². The molecule has 1 aliphatic heterocycles. The summed E-state index contributed by atoms with van der Waals surface area (Å²) in [6.07, 6.45) is 5.36. The molecule has 1 fully saturated rings. The Labute approximate surface area is 169 Å². The monoisotopic (exact) mass is 394 g/mol. The van der Waals surface area contributed by atoms with Gasteiger partial charge in [0.05, 0.1) is 5.39 Å². The van der Waals surface area contributed by atoms with Crippen LogP contribution in [0.4, 0.5) is 5.82 Å². The zero-order valence-electron chi connectivity index (χ0n) is 16.3. The van der Waals surface area contributed by atoms with Crippen LogP contribution in [0.2, 0.25) is 0 Å². The SMILES string of the molecule is C[C@@H]1CCc2c(sc3ncnc(N4CCN(Cc5cccc(O)c5)CC4)c23)C1. The number of fused-ring (bicyclic) bond motifs is 3. The fourth-order valence-corrected chi connectivity index (χ4v) is 5.87. The summed E-state index contributed by atoms with van der Waals surface area (Å²) < 4.78 is 0. The fraction of sp³-hybridized carbons (Fsp3) is 0.455. The summed E-state index contributed by atoms with van der Waals surface area (Å²) >= 11 is 1.87. The van der Waals surface area contributed by atoms with Gasteiger partial charge in [0, 0.05) is 37.6 Å². The standard InChI is InChI=1S/C22H26N4OS/c1-15-5-6-18-19(11-15)28-22-20(18)21(23-14-24-22)26-9-7-25(8-10-26)13-16-3-2-4-17(27)12-16/h2-4,12,14-15,27H,5-11,13H2,1H3/t15-/m1/s1. The normalized spacial score (nSPS) is 20.5.